The van der Waals surface area contributed by atoms with Crippen LogP contribution in [0.1, 0.15) is 13.3 Å². The molecular weight excluding hydrogens is 307 g/mol. The fourth-order valence-electron chi connectivity index (χ4n) is 1.51. The summed E-state index contributed by atoms with van der Waals surface area (Å²) in [5.41, 5.74) is 5.23. The third-order valence-corrected chi connectivity index (χ3v) is 4.77. The molecule has 0 fully saturated rings. The van der Waals surface area contributed by atoms with E-state index in [0.717, 1.165) is 12.1 Å². The average molecular weight is 325 g/mol. The maximum atomic E-state index is 12.8. The molecule has 1 aromatic carbocycles. The third kappa shape index (κ3) is 5.07. The zero-order valence-electron chi connectivity index (χ0n) is 11.0. The molecule has 1 atom stereocenters. The molecule has 0 radical (unpaired) electrons. The van der Waals surface area contributed by atoms with Crippen LogP contribution in [-0.2, 0) is 14.6 Å². The topological polar surface area (TPSA) is 89.3 Å². The monoisotopic (exact) mass is 324 g/mol. The van der Waals surface area contributed by atoms with Crippen molar-refractivity contribution in [2.24, 2.45) is 5.73 Å². The summed E-state index contributed by atoms with van der Waals surface area (Å²) < 4.78 is 37.0. The Bertz CT molecular complexity index is 534. The van der Waals surface area contributed by atoms with Crippen molar-refractivity contribution in [2.75, 3.05) is 13.1 Å². The predicted octanol–water partition coefficient (Wildman–Crippen LogP) is 0.875. The number of carbonyl (C=O) groups is 1. The van der Waals surface area contributed by atoms with Crippen LogP contribution >= 0.6 is 12.4 Å². The van der Waals surface area contributed by atoms with Gasteiger partial charge in [-0.1, -0.05) is 0 Å². The highest BCUT2D eigenvalue weighted by Gasteiger charge is 2.25. The summed E-state index contributed by atoms with van der Waals surface area (Å²) in [4.78, 5) is 11.5. The number of amides is 1. The molecule has 8 heteroatoms. The van der Waals surface area contributed by atoms with E-state index in [9.17, 15) is 17.6 Å². The van der Waals surface area contributed by atoms with E-state index in [1.165, 1.54) is 19.1 Å². The van der Waals surface area contributed by atoms with Gasteiger partial charge in [0.2, 0.25) is 5.91 Å². The first-order valence-electron chi connectivity index (χ1n) is 5.84. The Morgan fingerprint density at radius 3 is 2.40 bits per heavy atom. The van der Waals surface area contributed by atoms with E-state index in [1.807, 2.05) is 0 Å². The Balaban J connectivity index is 0.00000361. The number of nitrogens with two attached hydrogens (primary N) is 1. The summed E-state index contributed by atoms with van der Waals surface area (Å²) in [7, 11) is -3.63. The van der Waals surface area contributed by atoms with Gasteiger partial charge in [0.15, 0.2) is 9.84 Å². The minimum absolute atomic E-state index is 0. The third-order valence-electron chi connectivity index (χ3n) is 2.61. The van der Waals surface area contributed by atoms with Crippen LogP contribution in [0, 0.1) is 5.82 Å². The molecule has 0 heterocycles. The van der Waals surface area contributed by atoms with Gasteiger partial charge in [-0.3, -0.25) is 4.79 Å². The van der Waals surface area contributed by atoms with Crippen LogP contribution in [0.3, 0.4) is 0 Å². The first-order chi connectivity index (χ1) is 8.87. The molecule has 0 aliphatic rings. The molecule has 20 heavy (non-hydrogen) atoms. The Kier molecular flexibility index (Phi) is 7.70. The second kappa shape index (κ2) is 8.18. The molecule has 0 saturated heterocycles. The SMILES string of the molecule is CC(CC(=O)NCCN)S(=O)(=O)c1ccc(F)cc1.Cl. The zero-order chi connectivity index (χ0) is 14.5. The number of sulfone groups is 1. The number of hydrogen-bond acceptors (Lipinski definition) is 4. The Morgan fingerprint density at radius 1 is 1.35 bits per heavy atom. The first kappa shape index (κ1) is 18.8. The van der Waals surface area contributed by atoms with Crippen LogP contribution in [-0.4, -0.2) is 32.7 Å². The Labute approximate surface area is 124 Å². The molecule has 5 nitrogen and oxygen atoms in total. The van der Waals surface area contributed by atoms with Crippen molar-refractivity contribution >= 4 is 28.2 Å². The molecule has 1 unspecified atom stereocenters. The van der Waals surface area contributed by atoms with E-state index >= 15 is 0 Å². The highest BCUT2D eigenvalue weighted by molar-refractivity contribution is 7.92. The lowest BCUT2D eigenvalue weighted by atomic mass is 10.3. The second-order valence-corrected chi connectivity index (χ2v) is 6.52. The summed E-state index contributed by atoms with van der Waals surface area (Å²) in [5.74, 6) is -0.879. The number of hydrogen-bond donors (Lipinski definition) is 2. The van der Waals surface area contributed by atoms with Gasteiger partial charge >= 0.3 is 0 Å². The van der Waals surface area contributed by atoms with E-state index in [-0.39, 0.29) is 29.6 Å². The molecule has 114 valence electrons. The smallest absolute Gasteiger partial charge is 0.221 e. The minimum Gasteiger partial charge on any atom is -0.355 e. The second-order valence-electron chi connectivity index (χ2n) is 4.15. The molecular formula is C12H18ClFN2O3S. The zero-order valence-corrected chi connectivity index (χ0v) is 12.6. The lowest BCUT2D eigenvalue weighted by Crippen LogP contribution is -2.33. The largest absolute Gasteiger partial charge is 0.355 e. The molecule has 0 saturated carbocycles. The van der Waals surface area contributed by atoms with Gasteiger partial charge in [-0.2, -0.15) is 0 Å². The lowest BCUT2D eigenvalue weighted by Gasteiger charge is -2.12. The van der Waals surface area contributed by atoms with Gasteiger partial charge in [0.05, 0.1) is 10.1 Å². The van der Waals surface area contributed by atoms with Crippen LogP contribution in [0.25, 0.3) is 0 Å². The van der Waals surface area contributed by atoms with Gasteiger partial charge in [0.1, 0.15) is 5.82 Å². The summed E-state index contributed by atoms with van der Waals surface area (Å²) in [6, 6.07) is 4.54. The van der Waals surface area contributed by atoms with E-state index in [4.69, 9.17) is 5.73 Å². The van der Waals surface area contributed by atoms with Crippen molar-refractivity contribution < 1.29 is 17.6 Å². The quantitative estimate of drug-likeness (QED) is 0.760. The van der Waals surface area contributed by atoms with E-state index < -0.39 is 20.9 Å². The fourth-order valence-corrected chi connectivity index (χ4v) is 2.86. The van der Waals surface area contributed by atoms with Crippen molar-refractivity contribution in [3.63, 3.8) is 0 Å². The van der Waals surface area contributed by atoms with Crippen molar-refractivity contribution in [1.29, 1.82) is 0 Å². The van der Waals surface area contributed by atoms with Gasteiger partial charge in [0, 0.05) is 19.5 Å². The number of nitrogens with one attached hydrogen (secondary N) is 1. The van der Waals surface area contributed by atoms with Crippen molar-refractivity contribution in [3.05, 3.63) is 30.1 Å². The molecule has 1 amide bonds. The fraction of sp³-hybridized carbons (Fsp3) is 0.417. The number of halogens is 2. The normalized spacial score (nSPS) is 12.3. The molecule has 0 aliphatic heterocycles. The average Bonchev–Trinajstić information content (AvgIpc) is 2.36. The maximum Gasteiger partial charge on any atom is 0.221 e. The molecule has 3 N–H and O–H groups in total. The van der Waals surface area contributed by atoms with Gasteiger partial charge in [-0.25, -0.2) is 12.8 Å². The summed E-state index contributed by atoms with van der Waals surface area (Å²) in [6.45, 7) is 2.05. The van der Waals surface area contributed by atoms with E-state index in [0.29, 0.717) is 13.1 Å². The molecule has 1 aromatic rings. The van der Waals surface area contributed by atoms with Crippen LogP contribution < -0.4 is 11.1 Å². The van der Waals surface area contributed by atoms with Crippen LogP contribution in [0.15, 0.2) is 29.2 Å². The summed E-state index contributed by atoms with van der Waals surface area (Å²) >= 11 is 0. The van der Waals surface area contributed by atoms with Gasteiger partial charge < -0.3 is 11.1 Å². The highest BCUT2D eigenvalue weighted by atomic mass is 35.5. The van der Waals surface area contributed by atoms with Crippen molar-refractivity contribution in [3.8, 4) is 0 Å². The molecule has 0 aliphatic carbocycles. The number of rotatable bonds is 6. The van der Waals surface area contributed by atoms with E-state index in [2.05, 4.69) is 5.32 Å². The van der Waals surface area contributed by atoms with Gasteiger partial charge in [-0.15, -0.1) is 12.4 Å². The molecule has 0 spiro atoms. The van der Waals surface area contributed by atoms with Crippen molar-refractivity contribution in [2.45, 2.75) is 23.5 Å². The summed E-state index contributed by atoms with van der Waals surface area (Å²) in [5, 5.41) is 1.63. The number of benzene rings is 1. The van der Waals surface area contributed by atoms with Crippen LogP contribution in [0.5, 0.6) is 0 Å². The van der Waals surface area contributed by atoms with Crippen LogP contribution in [0.4, 0.5) is 4.39 Å². The first-order valence-corrected chi connectivity index (χ1v) is 7.38. The standard InChI is InChI=1S/C12H17FN2O3S.ClH/c1-9(8-12(16)15-7-6-14)19(17,18)11-4-2-10(13)3-5-11;/h2-5,9H,6-8,14H2,1H3,(H,15,16);1H. The van der Waals surface area contributed by atoms with Gasteiger partial charge in [-0.05, 0) is 31.2 Å². The van der Waals surface area contributed by atoms with Gasteiger partial charge in [0.25, 0.3) is 0 Å². The Morgan fingerprint density at radius 2 is 1.90 bits per heavy atom. The summed E-state index contributed by atoms with van der Waals surface area (Å²) in [6.07, 6.45) is -0.153. The maximum absolute atomic E-state index is 12.8. The Hall–Kier alpha value is -1.18. The number of carbonyl (C=O) groups excluding carboxylic acids is 1. The molecule has 0 aromatic heterocycles. The highest BCUT2D eigenvalue weighted by Crippen LogP contribution is 2.18. The predicted molar refractivity (Wildman–Crippen MR) is 77.0 cm³/mol. The molecule has 0 bridgehead atoms. The van der Waals surface area contributed by atoms with Crippen LogP contribution in [0.2, 0.25) is 0 Å². The van der Waals surface area contributed by atoms with E-state index in [1.54, 1.807) is 0 Å². The van der Waals surface area contributed by atoms with Crippen molar-refractivity contribution in [1.82, 2.24) is 5.32 Å². The minimum atomic E-state index is -3.63. The lowest BCUT2D eigenvalue weighted by molar-refractivity contribution is -0.120. The molecule has 1 rings (SSSR count).